The van der Waals surface area contributed by atoms with Gasteiger partial charge in [0, 0.05) is 18.6 Å². The second-order valence-electron chi connectivity index (χ2n) is 5.42. The van der Waals surface area contributed by atoms with Gasteiger partial charge in [-0.3, -0.25) is 0 Å². The highest BCUT2D eigenvalue weighted by atomic mass is 35.5. The van der Waals surface area contributed by atoms with E-state index in [0.29, 0.717) is 12.1 Å². The largest absolute Gasteiger partial charge is 0.326 e. The van der Waals surface area contributed by atoms with Gasteiger partial charge in [-0.05, 0) is 38.3 Å². The minimum Gasteiger partial charge on any atom is -0.326 e. The molecule has 1 fully saturated rings. The third-order valence-corrected chi connectivity index (χ3v) is 5.94. The van der Waals surface area contributed by atoms with Gasteiger partial charge in [-0.2, -0.15) is 4.31 Å². The van der Waals surface area contributed by atoms with Gasteiger partial charge >= 0.3 is 0 Å². The maximum absolute atomic E-state index is 14.0. The van der Waals surface area contributed by atoms with E-state index < -0.39 is 15.8 Å². The Kier molecular flexibility index (Phi) is 6.16. The van der Waals surface area contributed by atoms with E-state index in [2.05, 4.69) is 0 Å². The van der Waals surface area contributed by atoms with Crippen molar-refractivity contribution in [1.82, 2.24) is 4.31 Å². The zero-order valence-electron chi connectivity index (χ0n) is 12.3. The first-order valence-electron chi connectivity index (χ1n) is 6.88. The number of benzene rings is 1. The standard InChI is InChI=1S/C14H21FN2O2S.ClH/c1-10-6-5-7-12(15)14(10)20(18,19)17-9-4-3-8-13(17)11(2)16;/h5-7,11,13H,3-4,8-9,16H2,1-2H3;1H. The summed E-state index contributed by atoms with van der Waals surface area (Å²) in [4.78, 5) is -0.215. The Balaban J connectivity index is 0.00000220. The average Bonchev–Trinajstić information content (AvgIpc) is 2.38. The van der Waals surface area contributed by atoms with Crippen molar-refractivity contribution in [2.24, 2.45) is 5.73 Å². The topological polar surface area (TPSA) is 63.4 Å². The highest BCUT2D eigenvalue weighted by Crippen LogP contribution is 2.29. The molecule has 1 saturated heterocycles. The second-order valence-corrected chi connectivity index (χ2v) is 7.25. The quantitative estimate of drug-likeness (QED) is 0.922. The summed E-state index contributed by atoms with van der Waals surface area (Å²) in [6.07, 6.45) is 2.47. The van der Waals surface area contributed by atoms with E-state index in [1.807, 2.05) is 0 Å². The van der Waals surface area contributed by atoms with Crippen LogP contribution in [0.2, 0.25) is 0 Å². The van der Waals surface area contributed by atoms with Gasteiger partial charge in [0.1, 0.15) is 10.7 Å². The summed E-state index contributed by atoms with van der Waals surface area (Å²) in [6, 6.07) is 3.79. The number of aryl methyl sites for hydroxylation is 1. The van der Waals surface area contributed by atoms with Crippen molar-refractivity contribution in [3.8, 4) is 0 Å². The molecule has 2 atom stereocenters. The fourth-order valence-corrected chi connectivity index (χ4v) is 4.86. The zero-order chi connectivity index (χ0) is 14.9. The van der Waals surface area contributed by atoms with Crippen molar-refractivity contribution in [3.63, 3.8) is 0 Å². The van der Waals surface area contributed by atoms with Crippen LogP contribution in [0, 0.1) is 12.7 Å². The fraction of sp³-hybridized carbons (Fsp3) is 0.571. The Morgan fingerprint density at radius 3 is 2.62 bits per heavy atom. The Labute approximate surface area is 132 Å². The number of nitrogens with zero attached hydrogens (tertiary/aromatic N) is 1. The van der Waals surface area contributed by atoms with Crippen LogP contribution in [0.3, 0.4) is 0 Å². The molecule has 2 rings (SSSR count). The van der Waals surface area contributed by atoms with Crippen molar-refractivity contribution in [3.05, 3.63) is 29.6 Å². The highest BCUT2D eigenvalue weighted by molar-refractivity contribution is 7.89. The van der Waals surface area contributed by atoms with Crippen LogP contribution in [0.4, 0.5) is 4.39 Å². The smallest absolute Gasteiger partial charge is 0.246 e. The van der Waals surface area contributed by atoms with Crippen LogP contribution >= 0.6 is 12.4 Å². The number of piperidine rings is 1. The molecule has 1 heterocycles. The van der Waals surface area contributed by atoms with Crippen LogP contribution in [0.5, 0.6) is 0 Å². The van der Waals surface area contributed by atoms with E-state index in [9.17, 15) is 12.8 Å². The normalized spacial score (nSPS) is 21.6. The molecule has 4 nitrogen and oxygen atoms in total. The maximum Gasteiger partial charge on any atom is 0.246 e. The number of hydrogen-bond acceptors (Lipinski definition) is 3. The van der Waals surface area contributed by atoms with Gasteiger partial charge in [0.25, 0.3) is 0 Å². The summed E-state index contributed by atoms with van der Waals surface area (Å²) in [7, 11) is -3.84. The number of sulfonamides is 1. The van der Waals surface area contributed by atoms with Crippen LogP contribution in [0.15, 0.2) is 23.1 Å². The monoisotopic (exact) mass is 336 g/mol. The Hall–Kier alpha value is -0.690. The number of rotatable bonds is 3. The average molecular weight is 337 g/mol. The number of halogens is 2. The molecule has 0 amide bonds. The summed E-state index contributed by atoms with van der Waals surface area (Å²) in [5, 5.41) is 0. The molecule has 7 heteroatoms. The van der Waals surface area contributed by atoms with Crippen LogP contribution < -0.4 is 5.73 Å². The third-order valence-electron chi connectivity index (χ3n) is 3.84. The molecule has 21 heavy (non-hydrogen) atoms. The molecule has 120 valence electrons. The van der Waals surface area contributed by atoms with Gasteiger partial charge in [-0.15, -0.1) is 12.4 Å². The molecule has 0 bridgehead atoms. The lowest BCUT2D eigenvalue weighted by Crippen LogP contribution is -2.51. The molecule has 2 unspecified atom stereocenters. The van der Waals surface area contributed by atoms with Crippen LogP contribution in [0.1, 0.15) is 31.7 Å². The van der Waals surface area contributed by atoms with E-state index in [1.54, 1.807) is 19.9 Å². The van der Waals surface area contributed by atoms with Gasteiger partial charge in [0.15, 0.2) is 0 Å². The minimum absolute atomic E-state index is 0. The molecule has 0 saturated carbocycles. The second kappa shape index (κ2) is 7.05. The van der Waals surface area contributed by atoms with Gasteiger partial charge in [0.05, 0.1) is 0 Å². The molecule has 1 aromatic rings. The summed E-state index contributed by atoms with van der Waals surface area (Å²) in [5.74, 6) is -0.695. The first-order chi connectivity index (χ1) is 9.35. The van der Waals surface area contributed by atoms with Crippen molar-refractivity contribution in [2.75, 3.05) is 6.54 Å². The molecule has 1 aromatic carbocycles. The van der Waals surface area contributed by atoms with E-state index in [1.165, 1.54) is 16.4 Å². The summed E-state index contributed by atoms with van der Waals surface area (Å²) in [5.41, 5.74) is 6.34. The fourth-order valence-electron chi connectivity index (χ4n) is 2.82. The van der Waals surface area contributed by atoms with Gasteiger partial charge in [0.2, 0.25) is 10.0 Å². The molecule has 0 aromatic heterocycles. The predicted molar refractivity (Wildman–Crippen MR) is 83.6 cm³/mol. The Morgan fingerprint density at radius 2 is 2.05 bits per heavy atom. The molecule has 1 aliphatic heterocycles. The van der Waals surface area contributed by atoms with Crippen LogP contribution in [-0.2, 0) is 10.0 Å². The lowest BCUT2D eigenvalue weighted by molar-refractivity contribution is 0.226. The van der Waals surface area contributed by atoms with Crippen LogP contribution in [-0.4, -0.2) is 31.4 Å². The Bertz CT molecular complexity index is 572. The Morgan fingerprint density at radius 1 is 1.38 bits per heavy atom. The lowest BCUT2D eigenvalue weighted by Gasteiger charge is -2.37. The van der Waals surface area contributed by atoms with Gasteiger partial charge in [-0.25, -0.2) is 12.8 Å². The van der Waals surface area contributed by atoms with E-state index in [-0.39, 0.29) is 29.4 Å². The molecular weight excluding hydrogens is 315 g/mol. The third kappa shape index (κ3) is 3.56. The van der Waals surface area contributed by atoms with Crippen molar-refractivity contribution in [2.45, 2.75) is 50.1 Å². The van der Waals surface area contributed by atoms with E-state index in [0.717, 1.165) is 19.3 Å². The minimum atomic E-state index is -3.84. The maximum atomic E-state index is 14.0. The molecule has 0 spiro atoms. The highest BCUT2D eigenvalue weighted by Gasteiger charge is 2.37. The van der Waals surface area contributed by atoms with Crippen molar-refractivity contribution < 1.29 is 12.8 Å². The van der Waals surface area contributed by atoms with Crippen molar-refractivity contribution in [1.29, 1.82) is 0 Å². The van der Waals surface area contributed by atoms with E-state index >= 15 is 0 Å². The zero-order valence-corrected chi connectivity index (χ0v) is 13.9. The summed E-state index contributed by atoms with van der Waals surface area (Å²) < 4.78 is 40.9. The molecule has 0 radical (unpaired) electrons. The lowest BCUT2D eigenvalue weighted by atomic mass is 10.00. The first kappa shape index (κ1) is 18.4. The number of nitrogens with two attached hydrogens (primary N) is 1. The number of hydrogen-bond donors (Lipinski definition) is 1. The van der Waals surface area contributed by atoms with Gasteiger partial charge in [-0.1, -0.05) is 18.6 Å². The summed E-state index contributed by atoms with van der Waals surface area (Å²) >= 11 is 0. The van der Waals surface area contributed by atoms with E-state index in [4.69, 9.17) is 5.73 Å². The molecule has 1 aliphatic rings. The van der Waals surface area contributed by atoms with Gasteiger partial charge < -0.3 is 5.73 Å². The molecular formula is C14H22ClFN2O2S. The van der Waals surface area contributed by atoms with Crippen molar-refractivity contribution >= 4 is 22.4 Å². The predicted octanol–water partition coefficient (Wildman–Crippen LogP) is 2.45. The first-order valence-corrected chi connectivity index (χ1v) is 8.32. The van der Waals surface area contributed by atoms with Crippen LogP contribution in [0.25, 0.3) is 0 Å². The summed E-state index contributed by atoms with van der Waals surface area (Å²) in [6.45, 7) is 3.82. The molecule has 0 aliphatic carbocycles. The molecule has 2 N–H and O–H groups in total. The SMILES string of the molecule is Cc1cccc(F)c1S(=O)(=O)N1CCCCC1C(C)N.Cl.